The average Bonchev–Trinajstić information content (AvgIpc) is 2.84. The molecule has 0 spiro atoms. The standard InChI is InChI=1S/C29H61N2O6P/c1-6-8-10-12-14-15-17-18-20-22-28(32)27(26-37-38(34,35)36-25-24-31(3,4)5)30-29(33)23-21-19-16-13-11-9-7-2/h27-28,32H,6-26H2,1-5H3,(H-,30,33,34,35)/t27-,28+/m0/s1. The van der Waals surface area contributed by atoms with Crippen LogP contribution in [-0.2, 0) is 18.4 Å². The third kappa shape index (κ3) is 24.5. The molecule has 0 heterocycles. The van der Waals surface area contributed by atoms with Crippen LogP contribution in [0.5, 0.6) is 0 Å². The predicted molar refractivity (Wildman–Crippen MR) is 155 cm³/mol. The number of rotatable bonds is 27. The molecular formula is C29H61N2O6P. The predicted octanol–water partition coefficient (Wildman–Crippen LogP) is 6.10. The second kappa shape index (κ2) is 23.2. The number of carbonyl (C=O) groups excluding carboxylic acids is 1. The number of likely N-dealkylation sites (N-methyl/N-ethyl adjacent to an activating group) is 1. The lowest BCUT2D eigenvalue weighted by atomic mass is 10.0. The number of quaternary nitrogens is 1. The summed E-state index contributed by atoms with van der Waals surface area (Å²) in [7, 11) is 1.30. The Kier molecular flexibility index (Phi) is 22.9. The number of carbonyl (C=O) groups is 1. The summed E-state index contributed by atoms with van der Waals surface area (Å²) in [5.74, 6) is -0.176. The molecule has 2 N–H and O–H groups in total. The van der Waals surface area contributed by atoms with Crippen LogP contribution in [0, 0.1) is 0 Å². The molecule has 1 amide bonds. The van der Waals surface area contributed by atoms with E-state index in [0.29, 0.717) is 23.9 Å². The molecule has 0 aromatic heterocycles. The highest BCUT2D eigenvalue weighted by molar-refractivity contribution is 7.45. The van der Waals surface area contributed by atoms with Gasteiger partial charge in [0.05, 0.1) is 39.9 Å². The molecule has 228 valence electrons. The van der Waals surface area contributed by atoms with Crippen LogP contribution in [0.2, 0.25) is 0 Å². The fourth-order valence-electron chi connectivity index (χ4n) is 4.27. The molecule has 0 fully saturated rings. The molecule has 0 rings (SSSR count). The van der Waals surface area contributed by atoms with Gasteiger partial charge in [0, 0.05) is 6.42 Å². The summed E-state index contributed by atoms with van der Waals surface area (Å²) >= 11 is 0. The first-order valence-corrected chi connectivity index (χ1v) is 16.8. The van der Waals surface area contributed by atoms with E-state index in [0.717, 1.165) is 38.5 Å². The minimum atomic E-state index is -4.53. The number of phosphoric ester groups is 1. The van der Waals surface area contributed by atoms with E-state index >= 15 is 0 Å². The third-order valence-corrected chi connectivity index (χ3v) is 7.81. The van der Waals surface area contributed by atoms with Crippen LogP contribution in [-0.4, -0.2) is 68.5 Å². The second-order valence-corrected chi connectivity index (χ2v) is 13.2. The molecule has 0 saturated heterocycles. The van der Waals surface area contributed by atoms with Gasteiger partial charge in [-0.2, -0.15) is 0 Å². The molecule has 0 aliphatic heterocycles. The lowest BCUT2D eigenvalue weighted by molar-refractivity contribution is -0.870. The number of phosphoric acid groups is 1. The summed E-state index contributed by atoms with van der Waals surface area (Å²) in [6.45, 7) is 4.61. The molecule has 38 heavy (non-hydrogen) atoms. The van der Waals surface area contributed by atoms with Crippen LogP contribution in [0.25, 0.3) is 0 Å². The zero-order chi connectivity index (χ0) is 28.7. The zero-order valence-electron chi connectivity index (χ0n) is 25.4. The van der Waals surface area contributed by atoms with Gasteiger partial charge in [0.25, 0.3) is 7.82 Å². The normalized spacial score (nSPS) is 15.2. The molecule has 0 aliphatic carbocycles. The van der Waals surface area contributed by atoms with Gasteiger partial charge in [-0.3, -0.25) is 9.36 Å². The molecule has 0 aromatic rings. The molecular weight excluding hydrogens is 503 g/mol. The van der Waals surface area contributed by atoms with Crippen molar-refractivity contribution in [3.63, 3.8) is 0 Å². The molecule has 0 radical (unpaired) electrons. The highest BCUT2D eigenvalue weighted by Gasteiger charge is 2.24. The number of aliphatic hydroxyl groups is 1. The van der Waals surface area contributed by atoms with Gasteiger partial charge in [0.2, 0.25) is 5.91 Å². The molecule has 1 unspecified atom stereocenters. The number of hydrogen-bond acceptors (Lipinski definition) is 6. The Balaban J connectivity index is 4.60. The van der Waals surface area contributed by atoms with E-state index < -0.39 is 20.0 Å². The van der Waals surface area contributed by atoms with Crippen molar-refractivity contribution in [1.29, 1.82) is 0 Å². The van der Waals surface area contributed by atoms with Crippen LogP contribution in [0.15, 0.2) is 0 Å². The van der Waals surface area contributed by atoms with Crippen LogP contribution >= 0.6 is 7.82 Å². The number of nitrogens with zero attached hydrogens (tertiary/aromatic N) is 1. The van der Waals surface area contributed by atoms with E-state index in [1.807, 2.05) is 21.1 Å². The molecule has 3 atom stereocenters. The highest BCUT2D eigenvalue weighted by Crippen LogP contribution is 2.38. The van der Waals surface area contributed by atoms with Gasteiger partial charge in [-0.25, -0.2) is 0 Å². The van der Waals surface area contributed by atoms with E-state index in [2.05, 4.69) is 19.2 Å². The van der Waals surface area contributed by atoms with E-state index in [4.69, 9.17) is 9.05 Å². The third-order valence-electron chi connectivity index (χ3n) is 6.85. The van der Waals surface area contributed by atoms with E-state index in [1.54, 1.807) is 0 Å². The fourth-order valence-corrected chi connectivity index (χ4v) is 4.99. The van der Waals surface area contributed by atoms with E-state index in [1.165, 1.54) is 64.2 Å². The zero-order valence-corrected chi connectivity index (χ0v) is 26.3. The number of nitrogens with one attached hydrogen (secondary N) is 1. The van der Waals surface area contributed by atoms with Crippen molar-refractivity contribution in [2.75, 3.05) is 40.9 Å². The highest BCUT2D eigenvalue weighted by atomic mass is 31.2. The van der Waals surface area contributed by atoms with Gasteiger partial charge in [0.15, 0.2) is 0 Å². The van der Waals surface area contributed by atoms with Gasteiger partial charge in [-0.05, 0) is 12.8 Å². The van der Waals surface area contributed by atoms with Gasteiger partial charge >= 0.3 is 0 Å². The molecule has 9 heteroatoms. The molecule has 0 saturated carbocycles. The molecule has 0 aromatic carbocycles. The Morgan fingerprint density at radius 2 is 1.29 bits per heavy atom. The number of unbranched alkanes of at least 4 members (excludes halogenated alkanes) is 14. The van der Waals surface area contributed by atoms with Crippen molar-refractivity contribution in [2.45, 2.75) is 142 Å². The van der Waals surface area contributed by atoms with Crippen molar-refractivity contribution in [2.24, 2.45) is 0 Å². The summed E-state index contributed by atoms with van der Waals surface area (Å²) in [4.78, 5) is 24.8. The largest absolute Gasteiger partial charge is 0.756 e. The summed E-state index contributed by atoms with van der Waals surface area (Å²) < 4.78 is 22.9. The minimum Gasteiger partial charge on any atom is -0.756 e. The van der Waals surface area contributed by atoms with Crippen LogP contribution < -0.4 is 10.2 Å². The fraction of sp³-hybridized carbons (Fsp3) is 0.966. The van der Waals surface area contributed by atoms with Gasteiger partial charge < -0.3 is 28.8 Å². The summed E-state index contributed by atoms with van der Waals surface area (Å²) in [5.41, 5.74) is 0. The van der Waals surface area contributed by atoms with Crippen LogP contribution in [0.4, 0.5) is 0 Å². The molecule has 0 bridgehead atoms. The maximum Gasteiger partial charge on any atom is 0.268 e. The van der Waals surface area contributed by atoms with Crippen molar-refractivity contribution < 1.29 is 32.9 Å². The summed E-state index contributed by atoms with van der Waals surface area (Å²) in [6.07, 6.45) is 18.3. The number of amides is 1. The van der Waals surface area contributed by atoms with E-state index in [-0.39, 0.29) is 19.1 Å². The Bertz CT molecular complexity index is 614. The van der Waals surface area contributed by atoms with Crippen molar-refractivity contribution >= 4 is 13.7 Å². The van der Waals surface area contributed by atoms with Gasteiger partial charge in [0.1, 0.15) is 13.2 Å². The van der Waals surface area contributed by atoms with Crippen molar-refractivity contribution in [3.05, 3.63) is 0 Å². The first kappa shape index (κ1) is 37.5. The second-order valence-electron chi connectivity index (χ2n) is 11.8. The molecule has 8 nitrogen and oxygen atoms in total. The summed E-state index contributed by atoms with van der Waals surface area (Å²) in [6, 6.07) is -0.787. The maximum absolute atomic E-state index is 12.6. The number of hydrogen-bond donors (Lipinski definition) is 2. The van der Waals surface area contributed by atoms with Gasteiger partial charge in [-0.1, -0.05) is 110 Å². The smallest absolute Gasteiger partial charge is 0.268 e. The Hall–Kier alpha value is -0.500. The molecule has 0 aliphatic rings. The van der Waals surface area contributed by atoms with Crippen LogP contribution in [0.1, 0.15) is 129 Å². The Morgan fingerprint density at radius 1 is 0.816 bits per heavy atom. The lowest BCUT2D eigenvalue weighted by Crippen LogP contribution is -2.46. The Morgan fingerprint density at radius 3 is 1.79 bits per heavy atom. The maximum atomic E-state index is 12.6. The SMILES string of the molecule is CCCCCCCCCCC[C@@H](O)[C@H](COP(=O)([O-])OCC[N+](C)(C)C)NC(=O)CCCCCCCCC. The minimum absolute atomic E-state index is 0.0144. The van der Waals surface area contributed by atoms with Crippen molar-refractivity contribution in [3.8, 4) is 0 Å². The first-order valence-electron chi connectivity index (χ1n) is 15.4. The van der Waals surface area contributed by atoms with Gasteiger partial charge in [-0.15, -0.1) is 0 Å². The van der Waals surface area contributed by atoms with E-state index in [9.17, 15) is 19.4 Å². The topological polar surface area (TPSA) is 108 Å². The van der Waals surface area contributed by atoms with Crippen LogP contribution in [0.3, 0.4) is 0 Å². The van der Waals surface area contributed by atoms with Crippen molar-refractivity contribution in [1.82, 2.24) is 5.32 Å². The lowest BCUT2D eigenvalue weighted by Gasteiger charge is -2.30. The summed E-state index contributed by atoms with van der Waals surface area (Å²) in [5, 5.41) is 13.6. The average molecular weight is 565 g/mol. The first-order chi connectivity index (χ1) is 18.0. The quantitative estimate of drug-likeness (QED) is 0.0709. The Labute approximate surface area is 234 Å². The number of aliphatic hydroxyl groups excluding tert-OH is 1. The monoisotopic (exact) mass is 564 g/mol.